The van der Waals surface area contributed by atoms with Crippen LogP contribution >= 0.6 is 0 Å². The summed E-state index contributed by atoms with van der Waals surface area (Å²) in [6.45, 7) is 6.10. The average molecular weight is 426 g/mol. The van der Waals surface area contributed by atoms with Gasteiger partial charge in [0.2, 0.25) is 11.8 Å². The summed E-state index contributed by atoms with van der Waals surface area (Å²) in [7, 11) is 0. The van der Waals surface area contributed by atoms with E-state index in [1.807, 2.05) is 19.9 Å². The summed E-state index contributed by atoms with van der Waals surface area (Å²) in [6.07, 6.45) is 0.877. The van der Waals surface area contributed by atoms with Gasteiger partial charge in [-0.2, -0.15) is 0 Å². The topological polar surface area (TPSA) is 78.5 Å². The quantitative estimate of drug-likeness (QED) is 0.714. The molecule has 164 valence electrons. The first kappa shape index (κ1) is 22.5. The van der Waals surface area contributed by atoms with Crippen LogP contribution in [-0.4, -0.2) is 30.3 Å². The fourth-order valence-electron chi connectivity index (χ4n) is 3.51. The second kappa shape index (κ2) is 9.73. The van der Waals surface area contributed by atoms with Crippen LogP contribution in [0, 0.1) is 18.7 Å². The second-order valence-corrected chi connectivity index (χ2v) is 8.06. The Labute approximate surface area is 181 Å². The Morgan fingerprint density at radius 2 is 2.00 bits per heavy atom. The number of hydrogen-bond acceptors (Lipinski definition) is 3. The Bertz CT molecular complexity index is 992. The molecule has 2 atom stereocenters. The molecule has 0 aromatic heterocycles. The van der Waals surface area contributed by atoms with Crippen LogP contribution in [0.2, 0.25) is 0 Å². The van der Waals surface area contributed by atoms with Crippen LogP contribution in [0.15, 0.2) is 42.5 Å². The van der Waals surface area contributed by atoms with E-state index in [1.165, 1.54) is 11.0 Å². The van der Waals surface area contributed by atoms with Gasteiger partial charge < -0.3 is 15.5 Å². The number of benzene rings is 2. The van der Waals surface area contributed by atoms with Crippen molar-refractivity contribution in [2.75, 3.05) is 11.4 Å². The van der Waals surface area contributed by atoms with E-state index in [4.69, 9.17) is 0 Å². The van der Waals surface area contributed by atoms with Crippen molar-refractivity contribution in [3.8, 4) is 0 Å². The molecular weight excluding hydrogens is 397 g/mol. The minimum Gasteiger partial charge on any atom is -0.352 e. The Balaban J connectivity index is 1.59. The van der Waals surface area contributed by atoms with E-state index < -0.39 is 11.7 Å². The molecule has 2 unspecified atom stereocenters. The lowest BCUT2D eigenvalue weighted by Crippen LogP contribution is -2.33. The lowest BCUT2D eigenvalue weighted by molar-refractivity contribution is -0.126. The van der Waals surface area contributed by atoms with Gasteiger partial charge in [0.1, 0.15) is 5.82 Å². The number of carbonyl (C=O) groups is 3. The van der Waals surface area contributed by atoms with Gasteiger partial charge in [0.15, 0.2) is 0 Å². The molecule has 1 fully saturated rings. The normalized spacial score (nSPS) is 16.8. The molecule has 0 saturated carbocycles. The number of nitrogens with zero attached hydrogens (tertiary/aromatic N) is 1. The first-order valence-corrected chi connectivity index (χ1v) is 10.5. The molecule has 2 aromatic carbocycles. The van der Waals surface area contributed by atoms with Gasteiger partial charge >= 0.3 is 0 Å². The Morgan fingerprint density at radius 1 is 1.23 bits per heavy atom. The second-order valence-electron chi connectivity index (χ2n) is 8.06. The summed E-state index contributed by atoms with van der Waals surface area (Å²) in [5.41, 5.74) is 2.29. The molecule has 1 saturated heterocycles. The van der Waals surface area contributed by atoms with Gasteiger partial charge in [-0.1, -0.05) is 25.1 Å². The molecule has 0 spiro atoms. The molecule has 1 aliphatic heterocycles. The van der Waals surface area contributed by atoms with Crippen molar-refractivity contribution in [3.63, 3.8) is 0 Å². The molecule has 7 heteroatoms. The van der Waals surface area contributed by atoms with Crippen LogP contribution in [0.25, 0.3) is 0 Å². The third-order valence-electron chi connectivity index (χ3n) is 5.54. The van der Waals surface area contributed by atoms with Crippen LogP contribution in [-0.2, 0) is 16.1 Å². The molecule has 0 aliphatic carbocycles. The first-order valence-electron chi connectivity index (χ1n) is 10.5. The molecular formula is C24H28FN3O3. The van der Waals surface area contributed by atoms with Crippen LogP contribution < -0.4 is 15.5 Å². The zero-order chi connectivity index (χ0) is 22.5. The SMILES string of the molecule is CCC(C)NC(=O)c1cccc(CNC(=O)C2CC(=O)N(c3ccc(C)cc3F)C2)c1. The van der Waals surface area contributed by atoms with E-state index >= 15 is 0 Å². The van der Waals surface area contributed by atoms with Crippen molar-refractivity contribution in [2.24, 2.45) is 5.92 Å². The minimum absolute atomic E-state index is 0.0382. The van der Waals surface area contributed by atoms with E-state index in [-0.39, 0.29) is 49.0 Å². The number of rotatable bonds is 7. The van der Waals surface area contributed by atoms with Gasteiger partial charge in [0.05, 0.1) is 11.6 Å². The summed E-state index contributed by atoms with van der Waals surface area (Å²) >= 11 is 0. The third-order valence-corrected chi connectivity index (χ3v) is 5.54. The number of carbonyl (C=O) groups excluding carboxylic acids is 3. The van der Waals surface area contributed by atoms with Gasteiger partial charge in [-0.05, 0) is 55.7 Å². The van der Waals surface area contributed by atoms with Crippen molar-refractivity contribution in [2.45, 2.75) is 46.2 Å². The van der Waals surface area contributed by atoms with Crippen LogP contribution in [0.5, 0.6) is 0 Å². The van der Waals surface area contributed by atoms with E-state index in [0.717, 1.165) is 17.5 Å². The number of amides is 3. The monoisotopic (exact) mass is 425 g/mol. The fourth-order valence-corrected chi connectivity index (χ4v) is 3.51. The largest absolute Gasteiger partial charge is 0.352 e. The number of nitrogens with one attached hydrogen (secondary N) is 2. The third kappa shape index (κ3) is 5.48. The molecule has 2 aromatic rings. The van der Waals surface area contributed by atoms with Crippen molar-refractivity contribution in [1.29, 1.82) is 0 Å². The fraction of sp³-hybridized carbons (Fsp3) is 0.375. The van der Waals surface area contributed by atoms with Crippen molar-refractivity contribution >= 4 is 23.4 Å². The lowest BCUT2D eigenvalue weighted by Gasteiger charge is -2.18. The highest BCUT2D eigenvalue weighted by Gasteiger charge is 2.36. The highest BCUT2D eigenvalue weighted by Crippen LogP contribution is 2.28. The number of aryl methyl sites for hydroxylation is 1. The molecule has 6 nitrogen and oxygen atoms in total. The van der Waals surface area contributed by atoms with Gasteiger partial charge in [-0.3, -0.25) is 14.4 Å². The maximum atomic E-state index is 14.3. The number of halogens is 1. The van der Waals surface area contributed by atoms with Crippen molar-refractivity contribution in [3.05, 3.63) is 65.0 Å². The predicted octanol–water partition coefficient (Wildman–Crippen LogP) is 3.33. The Hall–Kier alpha value is -3.22. The van der Waals surface area contributed by atoms with Gasteiger partial charge in [-0.25, -0.2) is 4.39 Å². The van der Waals surface area contributed by atoms with E-state index in [9.17, 15) is 18.8 Å². The summed E-state index contributed by atoms with van der Waals surface area (Å²) in [6, 6.07) is 11.8. The average Bonchev–Trinajstić information content (AvgIpc) is 3.13. The van der Waals surface area contributed by atoms with Crippen molar-refractivity contribution in [1.82, 2.24) is 10.6 Å². The molecule has 0 radical (unpaired) electrons. The molecule has 1 aliphatic rings. The smallest absolute Gasteiger partial charge is 0.251 e. The molecule has 1 heterocycles. The van der Waals surface area contributed by atoms with Crippen LogP contribution in [0.4, 0.5) is 10.1 Å². The van der Waals surface area contributed by atoms with Crippen molar-refractivity contribution < 1.29 is 18.8 Å². The molecule has 3 rings (SSSR count). The number of anilines is 1. The molecule has 31 heavy (non-hydrogen) atoms. The van der Waals surface area contributed by atoms with E-state index in [1.54, 1.807) is 37.3 Å². The zero-order valence-electron chi connectivity index (χ0n) is 18.1. The van der Waals surface area contributed by atoms with Gasteiger partial charge in [0.25, 0.3) is 5.91 Å². The Morgan fingerprint density at radius 3 is 2.71 bits per heavy atom. The summed E-state index contributed by atoms with van der Waals surface area (Å²) in [4.78, 5) is 38.6. The molecule has 3 amide bonds. The van der Waals surface area contributed by atoms with Crippen LogP contribution in [0.1, 0.15) is 48.2 Å². The van der Waals surface area contributed by atoms with Crippen LogP contribution in [0.3, 0.4) is 0 Å². The predicted molar refractivity (Wildman–Crippen MR) is 117 cm³/mol. The van der Waals surface area contributed by atoms with Gasteiger partial charge in [0, 0.05) is 31.1 Å². The highest BCUT2D eigenvalue weighted by atomic mass is 19.1. The lowest BCUT2D eigenvalue weighted by atomic mass is 10.1. The van der Waals surface area contributed by atoms with E-state index in [2.05, 4.69) is 10.6 Å². The first-order chi connectivity index (χ1) is 14.8. The zero-order valence-corrected chi connectivity index (χ0v) is 18.1. The summed E-state index contributed by atoms with van der Waals surface area (Å²) < 4.78 is 14.3. The Kier molecular flexibility index (Phi) is 7.05. The maximum Gasteiger partial charge on any atom is 0.251 e. The maximum absolute atomic E-state index is 14.3. The highest BCUT2D eigenvalue weighted by molar-refractivity contribution is 6.00. The molecule has 0 bridgehead atoms. The standard InChI is InChI=1S/C24H28FN3O3/c1-4-16(3)27-24(31)18-7-5-6-17(11-18)13-26-23(30)19-12-22(29)28(14-19)21-9-8-15(2)10-20(21)25/h5-11,16,19H,4,12-14H2,1-3H3,(H,26,30)(H,27,31). The summed E-state index contributed by atoms with van der Waals surface area (Å²) in [5.74, 6) is -1.71. The van der Waals surface area contributed by atoms with Gasteiger partial charge in [-0.15, -0.1) is 0 Å². The molecule has 2 N–H and O–H groups in total. The number of hydrogen-bond donors (Lipinski definition) is 2. The minimum atomic E-state index is -0.551. The van der Waals surface area contributed by atoms with E-state index in [0.29, 0.717) is 5.56 Å². The summed E-state index contributed by atoms with van der Waals surface area (Å²) in [5, 5.41) is 5.75.